The molecule has 1 amide bonds. The van der Waals surface area contributed by atoms with E-state index in [4.69, 9.17) is 9.47 Å². The van der Waals surface area contributed by atoms with Crippen LogP contribution in [0.5, 0.6) is 0 Å². The summed E-state index contributed by atoms with van der Waals surface area (Å²) in [7, 11) is 1.69. The molecular formula is C13H19N3O3. The van der Waals surface area contributed by atoms with Gasteiger partial charge >= 0.3 is 0 Å². The number of amides is 1. The van der Waals surface area contributed by atoms with Crippen LogP contribution in [-0.2, 0) is 20.7 Å². The van der Waals surface area contributed by atoms with Gasteiger partial charge in [-0.3, -0.25) is 4.79 Å². The molecule has 0 bridgehead atoms. The van der Waals surface area contributed by atoms with E-state index in [2.05, 4.69) is 15.3 Å². The molecule has 0 radical (unpaired) electrons. The number of ether oxygens (including phenoxy) is 2. The minimum atomic E-state index is 0.0284. The van der Waals surface area contributed by atoms with Crippen LogP contribution in [0.25, 0.3) is 0 Å². The summed E-state index contributed by atoms with van der Waals surface area (Å²) in [6.45, 7) is 1.43. The Balaban J connectivity index is 1.57. The molecule has 6 heteroatoms. The summed E-state index contributed by atoms with van der Waals surface area (Å²) < 4.78 is 10.9. The van der Waals surface area contributed by atoms with Crippen molar-refractivity contribution >= 4 is 5.91 Å². The smallest absolute Gasteiger partial charge is 0.226 e. The highest BCUT2D eigenvalue weighted by Crippen LogP contribution is 2.43. The number of methoxy groups -OCH3 is 1. The number of rotatable bonds is 5. The number of nitrogens with zero attached hydrogens (tertiary/aromatic N) is 1. The number of H-pyrrole nitrogens is 1. The second-order valence-corrected chi connectivity index (χ2v) is 5.25. The molecule has 1 saturated carbocycles. The molecule has 6 nitrogen and oxygen atoms in total. The number of aromatic amines is 1. The average molecular weight is 265 g/mol. The Morgan fingerprint density at radius 2 is 2.58 bits per heavy atom. The summed E-state index contributed by atoms with van der Waals surface area (Å²) >= 11 is 0. The maximum absolute atomic E-state index is 12.0. The Morgan fingerprint density at radius 1 is 1.68 bits per heavy atom. The summed E-state index contributed by atoms with van der Waals surface area (Å²) in [5.74, 6) is 0.759. The van der Waals surface area contributed by atoms with Gasteiger partial charge in [-0.15, -0.1) is 0 Å². The van der Waals surface area contributed by atoms with Crippen molar-refractivity contribution < 1.29 is 14.3 Å². The summed E-state index contributed by atoms with van der Waals surface area (Å²) in [4.78, 5) is 18.9. The Bertz CT molecular complexity index is 434. The molecule has 2 fully saturated rings. The van der Waals surface area contributed by atoms with Crippen LogP contribution in [0, 0.1) is 11.8 Å². The number of nitrogens with one attached hydrogen (secondary N) is 2. The van der Waals surface area contributed by atoms with Gasteiger partial charge < -0.3 is 19.8 Å². The third-order valence-corrected chi connectivity index (χ3v) is 4.12. The fourth-order valence-corrected chi connectivity index (χ4v) is 3.23. The molecule has 19 heavy (non-hydrogen) atoms. The molecule has 1 aliphatic heterocycles. The number of imidazole rings is 1. The van der Waals surface area contributed by atoms with Gasteiger partial charge in [-0.2, -0.15) is 0 Å². The molecule has 2 heterocycles. The standard InChI is InChI=1S/C13H19N3O3/c1-18-6-10-12(9-2-3-19-13(9)10)16-11(17)4-8-5-14-7-15-8/h5,7,9-10,12-13H,2-4,6H2,1H3,(H,14,15)(H,16,17)/t9-,10+,12-,13-/m1/s1. The Kier molecular flexibility index (Phi) is 3.52. The maximum Gasteiger partial charge on any atom is 0.226 e. The SMILES string of the molecule is COC[C@H]1[C@H](NC(=O)Cc2cnc[nH]2)[C@H]2CCO[C@H]21. The zero-order valence-corrected chi connectivity index (χ0v) is 11.0. The number of carbonyl (C=O) groups excluding carboxylic acids is 1. The first-order valence-corrected chi connectivity index (χ1v) is 6.66. The van der Waals surface area contributed by atoms with E-state index in [0.717, 1.165) is 18.7 Å². The first-order chi connectivity index (χ1) is 9.29. The highest BCUT2D eigenvalue weighted by molar-refractivity contribution is 5.78. The monoisotopic (exact) mass is 265 g/mol. The van der Waals surface area contributed by atoms with E-state index in [1.807, 2.05) is 0 Å². The van der Waals surface area contributed by atoms with Crippen LogP contribution in [0.15, 0.2) is 12.5 Å². The lowest BCUT2D eigenvalue weighted by Crippen LogP contribution is -2.62. The van der Waals surface area contributed by atoms with Gasteiger partial charge in [-0.1, -0.05) is 0 Å². The van der Waals surface area contributed by atoms with Crippen LogP contribution in [0.4, 0.5) is 0 Å². The van der Waals surface area contributed by atoms with Crippen molar-refractivity contribution in [2.45, 2.75) is 25.0 Å². The maximum atomic E-state index is 12.0. The molecule has 2 N–H and O–H groups in total. The Hall–Kier alpha value is -1.40. The van der Waals surface area contributed by atoms with Crippen LogP contribution in [0.3, 0.4) is 0 Å². The Labute approximate surface area is 111 Å². The van der Waals surface area contributed by atoms with Crippen LogP contribution in [-0.4, -0.2) is 48.3 Å². The van der Waals surface area contributed by atoms with E-state index in [9.17, 15) is 4.79 Å². The molecule has 0 unspecified atom stereocenters. The highest BCUT2D eigenvalue weighted by Gasteiger charge is 2.54. The number of fused-ring (bicyclic) bond motifs is 1. The van der Waals surface area contributed by atoms with E-state index in [1.54, 1.807) is 19.6 Å². The van der Waals surface area contributed by atoms with Crippen molar-refractivity contribution in [2.24, 2.45) is 11.8 Å². The average Bonchev–Trinajstić information content (AvgIpc) is 3.02. The summed E-state index contributed by atoms with van der Waals surface area (Å²) in [5, 5.41) is 3.11. The normalized spacial score (nSPS) is 32.7. The summed E-state index contributed by atoms with van der Waals surface area (Å²) in [5.41, 5.74) is 0.833. The molecule has 2 aliphatic rings. The van der Waals surface area contributed by atoms with E-state index in [0.29, 0.717) is 18.9 Å². The molecule has 0 spiro atoms. The van der Waals surface area contributed by atoms with Gasteiger partial charge in [0.15, 0.2) is 0 Å². The number of hydrogen-bond donors (Lipinski definition) is 2. The molecular weight excluding hydrogens is 246 g/mol. The third-order valence-electron chi connectivity index (χ3n) is 4.12. The molecule has 4 atom stereocenters. The van der Waals surface area contributed by atoms with Crippen molar-refractivity contribution in [2.75, 3.05) is 20.3 Å². The summed E-state index contributed by atoms with van der Waals surface area (Å²) in [6.07, 6.45) is 4.89. The fourth-order valence-electron chi connectivity index (χ4n) is 3.23. The molecule has 1 aliphatic carbocycles. The van der Waals surface area contributed by atoms with Crippen LogP contribution < -0.4 is 5.32 Å². The highest BCUT2D eigenvalue weighted by atomic mass is 16.5. The molecule has 0 aromatic carbocycles. The lowest BCUT2D eigenvalue weighted by Gasteiger charge is -2.47. The predicted octanol–water partition coefficient (Wildman–Crippen LogP) is 0.118. The lowest BCUT2D eigenvalue weighted by molar-refractivity contribution is -0.129. The van der Waals surface area contributed by atoms with Gasteiger partial charge in [-0.05, 0) is 6.42 Å². The van der Waals surface area contributed by atoms with Crippen LogP contribution >= 0.6 is 0 Å². The van der Waals surface area contributed by atoms with Gasteiger partial charge in [0, 0.05) is 43.5 Å². The van der Waals surface area contributed by atoms with Gasteiger partial charge in [0.1, 0.15) is 0 Å². The number of carbonyl (C=O) groups is 1. The molecule has 104 valence electrons. The van der Waals surface area contributed by atoms with Gasteiger partial charge in [-0.25, -0.2) is 4.98 Å². The van der Waals surface area contributed by atoms with Crippen LogP contribution in [0.2, 0.25) is 0 Å². The first-order valence-electron chi connectivity index (χ1n) is 6.66. The quantitative estimate of drug-likeness (QED) is 0.793. The van der Waals surface area contributed by atoms with Crippen LogP contribution in [0.1, 0.15) is 12.1 Å². The van der Waals surface area contributed by atoms with Gasteiger partial charge in [0.25, 0.3) is 0 Å². The second kappa shape index (κ2) is 5.30. The molecule has 3 rings (SSSR count). The van der Waals surface area contributed by atoms with Gasteiger partial charge in [0.05, 0.1) is 25.5 Å². The molecule has 1 aromatic heterocycles. The van der Waals surface area contributed by atoms with Crippen molar-refractivity contribution in [1.82, 2.24) is 15.3 Å². The third kappa shape index (κ3) is 2.37. The van der Waals surface area contributed by atoms with Crippen molar-refractivity contribution in [3.05, 3.63) is 18.2 Å². The Morgan fingerprint density at radius 3 is 3.32 bits per heavy atom. The van der Waals surface area contributed by atoms with Crippen molar-refractivity contribution in [3.63, 3.8) is 0 Å². The largest absolute Gasteiger partial charge is 0.384 e. The molecule has 1 saturated heterocycles. The number of hydrogen-bond acceptors (Lipinski definition) is 4. The zero-order chi connectivity index (χ0) is 13.2. The van der Waals surface area contributed by atoms with E-state index in [1.165, 1.54) is 0 Å². The second-order valence-electron chi connectivity index (χ2n) is 5.25. The minimum Gasteiger partial charge on any atom is -0.384 e. The number of aromatic nitrogens is 2. The van der Waals surface area contributed by atoms with E-state index >= 15 is 0 Å². The zero-order valence-electron chi connectivity index (χ0n) is 11.0. The van der Waals surface area contributed by atoms with Crippen molar-refractivity contribution in [1.29, 1.82) is 0 Å². The van der Waals surface area contributed by atoms with Crippen molar-refractivity contribution in [3.8, 4) is 0 Å². The topological polar surface area (TPSA) is 76.2 Å². The summed E-state index contributed by atoms with van der Waals surface area (Å²) in [6, 6.07) is 0.183. The van der Waals surface area contributed by atoms with E-state index in [-0.39, 0.29) is 24.0 Å². The minimum absolute atomic E-state index is 0.0284. The lowest BCUT2D eigenvalue weighted by atomic mass is 9.67. The predicted molar refractivity (Wildman–Crippen MR) is 67.4 cm³/mol. The van der Waals surface area contributed by atoms with Gasteiger partial charge in [0.2, 0.25) is 5.91 Å². The molecule has 1 aromatic rings. The first kappa shape index (κ1) is 12.6. The van der Waals surface area contributed by atoms with E-state index < -0.39 is 0 Å². The fraction of sp³-hybridized carbons (Fsp3) is 0.692.